The van der Waals surface area contributed by atoms with E-state index in [1.807, 2.05) is 32.2 Å². The molecule has 1 aliphatic heterocycles. The molecule has 2 aromatic rings. The molecule has 0 N–H and O–H groups in total. The molecule has 1 fully saturated rings. The van der Waals surface area contributed by atoms with Gasteiger partial charge >= 0.3 is 0 Å². The van der Waals surface area contributed by atoms with Gasteiger partial charge in [0.15, 0.2) is 0 Å². The van der Waals surface area contributed by atoms with Gasteiger partial charge in [0.25, 0.3) is 5.56 Å². The van der Waals surface area contributed by atoms with Gasteiger partial charge in [-0.15, -0.1) is 0 Å². The predicted octanol–water partition coefficient (Wildman–Crippen LogP) is 2.30. The maximum Gasteiger partial charge on any atom is 0.264 e. The van der Waals surface area contributed by atoms with Crippen LogP contribution in [0.15, 0.2) is 23.1 Å². The third-order valence-corrected chi connectivity index (χ3v) is 4.15. The number of anilines is 1. The summed E-state index contributed by atoms with van der Waals surface area (Å²) in [6.07, 6.45) is 1.84. The first-order valence-corrected chi connectivity index (χ1v) is 7.99. The maximum absolute atomic E-state index is 12.8. The Kier molecular flexibility index (Phi) is 3.99. The average molecular weight is 352 g/mol. The van der Waals surface area contributed by atoms with Gasteiger partial charge in [0.2, 0.25) is 0 Å². The Bertz CT molecular complexity index is 721. The lowest BCUT2D eigenvalue weighted by atomic mass is 10.2. The van der Waals surface area contributed by atoms with Crippen LogP contribution in [0.1, 0.15) is 22.9 Å². The van der Waals surface area contributed by atoms with Crippen LogP contribution in [0.25, 0.3) is 5.65 Å². The third-order valence-electron chi connectivity index (χ3n) is 3.69. The molecule has 3 rings (SSSR count). The molecule has 1 saturated heterocycles. The van der Waals surface area contributed by atoms with E-state index in [-0.39, 0.29) is 10.4 Å². The number of rotatable bonds is 2. The molecule has 0 spiro atoms. The monoisotopic (exact) mass is 351 g/mol. The van der Waals surface area contributed by atoms with Crippen molar-refractivity contribution in [3.63, 3.8) is 0 Å². The maximum atomic E-state index is 12.8. The number of morpholine rings is 1. The highest BCUT2D eigenvalue weighted by Crippen LogP contribution is 2.28. The van der Waals surface area contributed by atoms with E-state index >= 15 is 0 Å². The Morgan fingerprint density at radius 2 is 2.05 bits per heavy atom. The quantitative estimate of drug-likeness (QED) is 0.779. The number of alkyl halides is 1. The van der Waals surface area contributed by atoms with Gasteiger partial charge in [-0.25, -0.2) is 4.98 Å². The second kappa shape index (κ2) is 5.77. The zero-order valence-electron chi connectivity index (χ0n) is 12.2. The van der Waals surface area contributed by atoms with Crippen molar-refractivity contribution in [3.05, 3.63) is 39.8 Å². The summed E-state index contributed by atoms with van der Waals surface area (Å²) >= 11 is 3.54. The van der Waals surface area contributed by atoms with Crippen LogP contribution in [-0.4, -0.2) is 35.7 Å². The normalized spacial score (nSPS) is 17.2. The van der Waals surface area contributed by atoms with Gasteiger partial charge in [0, 0.05) is 24.1 Å². The molecule has 1 unspecified atom stereocenters. The second-order valence-electron chi connectivity index (χ2n) is 5.30. The number of fused-ring (bicyclic) bond motifs is 1. The molecule has 0 amide bonds. The van der Waals surface area contributed by atoms with Crippen LogP contribution < -0.4 is 10.5 Å². The van der Waals surface area contributed by atoms with Gasteiger partial charge in [-0.2, -0.15) is 0 Å². The number of ether oxygens (including phenoxy) is 1. The van der Waals surface area contributed by atoms with E-state index in [0.717, 1.165) is 24.5 Å². The minimum Gasteiger partial charge on any atom is -0.378 e. The Labute approximate surface area is 131 Å². The smallest absolute Gasteiger partial charge is 0.264 e. The summed E-state index contributed by atoms with van der Waals surface area (Å²) in [6.45, 7) is 6.81. The van der Waals surface area contributed by atoms with Gasteiger partial charge in [0.1, 0.15) is 11.5 Å². The van der Waals surface area contributed by atoms with Gasteiger partial charge in [0.05, 0.1) is 18.8 Å². The van der Waals surface area contributed by atoms with E-state index in [9.17, 15) is 4.79 Å². The highest BCUT2D eigenvalue weighted by molar-refractivity contribution is 9.09. The SMILES string of the molecule is Cc1ccc2nc(N3CCOCC3)c(C(C)Br)c(=O)n2c1. The number of pyridine rings is 1. The molecule has 1 aliphatic rings. The fourth-order valence-electron chi connectivity index (χ4n) is 2.61. The number of nitrogens with zero attached hydrogens (tertiary/aromatic N) is 3. The van der Waals surface area contributed by atoms with Gasteiger partial charge in [-0.05, 0) is 25.5 Å². The third kappa shape index (κ3) is 2.70. The lowest BCUT2D eigenvalue weighted by molar-refractivity contribution is 0.122. The number of hydrogen-bond acceptors (Lipinski definition) is 4. The molecule has 1 atom stereocenters. The Balaban J connectivity index is 2.24. The summed E-state index contributed by atoms with van der Waals surface area (Å²) in [5.74, 6) is 0.775. The Hall–Kier alpha value is -1.40. The highest BCUT2D eigenvalue weighted by atomic mass is 79.9. The molecular weight excluding hydrogens is 334 g/mol. The van der Waals surface area contributed by atoms with Crippen LogP contribution in [0, 0.1) is 6.92 Å². The lowest BCUT2D eigenvalue weighted by Crippen LogP contribution is -2.39. The van der Waals surface area contributed by atoms with E-state index in [0.29, 0.717) is 24.4 Å². The van der Waals surface area contributed by atoms with E-state index in [2.05, 4.69) is 20.8 Å². The standard InChI is InChI=1S/C15H18BrN3O2/c1-10-3-4-12-17-14(18-5-7-21-8-6-18)13(11(2)16)15(20)19(12)9-10/h3-4,9,11H,5-8H2,1-2H3. The zero-order valence-corrected chi connectivity index (χ0v) is 13.8. The minimum atomic E-state index is -0.0484. The van der Waals surface area contributed by atoms with Crippen LogP contribution in [0.2, 0.25) is 0 Å². The van der Waals surface area contributed by atoms with Crippen molar-refractivity contribution in [1.29, 1.82) is 0 Å². The van der Waals surface area contributed by atoms with E-state index in [1.54, 1.807) is 4.40 Å². The first-order valence-electron chi connectivity index (χ1n) is 7.07. The number of aromatic nitrogens is 2. The number of aryl methyl sites for hydroxylation is 1. The van der Waals surface area contributed by atoms with Crippen molar-refractivity contribution in [3.8, 4) is 0 Å². The number of halogens is 1. The van der Waals surface area contributed by atoms with Crippen LogP contribution in [0.3, 0.4) is 0 Å². The predicted molar refractivity (Wildman–Crippen MR) is 86.6 cm³/mol. The summed E-state index contributed by atoms with van der Waals surface area (Å²) in [7, 11) is 0. The van der Waals surface area contributed by atoms with Crippen LogP contribution in [0.4, 0.5) is 5.82 Å². The van der Waals surface area contributed by atoms with Gasteiger partial charge in [-0.3, -0.25) is 9.20 Å². The molecule has 3 heterocycles. The van der Waals surface area contributed by atoms with Crippen LogP contribution in [-0.2, 0) is 4.74 Å². The van der Waals surface area contributed by atoms with Crippen LogP contribution in [0.5, 0.6) is 0 Å². The van der Waals surface area contributed by atoms with Crippen molar-refractivity contribution in [2.75, 3.05) is 31.2 Å². The molecule has 112 valence electrons. The Morgan fingerprint density at radius 3 is 2.71 bits per heavy atom. The minimum absolute atomic E-state index is 0.00503. The largest absolute Gasteiger partial charge is 0.378 e. The molecule has 6 heteroatoms. The molecule has 0 radical (unpaired) electrons. The van der Waals surface area contributed by atoms with Crippen molar-refractivity contribution >= 4 is 27.4 Å². The molecule has 5 nitrogen and oxygen atoms in total. The molecule has 0 aromatic carbocycles. The van der Waals surface area contributed by atoms with E-state index in [4.69, 9.17) is 9.72 Å². The zero-order chi connectivity index (χ0) is 15.0. The number of hydrogen-bond donors (Lipinski definition) is 0. The molecular formula is C15H18BrN3O2. The second-order valence-corrected chi connectivity index (χ2v) is 6.68. The topological polar surface area (TPSA) is 46.8 Å². The van der Waals surface area contributed by atoms with Crippen molar-refractivity contribution in [2.45, 2.75) is 18.7 Å². The first-order chi connectivity index (χ1) is 10.1. The molecule has 2 aromatic heterocycles. The molecule has 21 heavy (non-hydrogen) atoms. The average Bonchev–Trinajstić information content (AvgIpc) is 2.48. The summed E-state index contributed by atoms with van der Waals surface area (Å²) < 4.78 is 7.02. The van der Waals surface area contributed by atoms with Crippen molar-refractivity contribution < 1.29 is 4.74 Å². The molecule has 0 bridgehead atoms. The van der Waals surface area contributed by atoms with E-state index in [1.165, 1.54) is 0 Å². The lowest BCUT2D eigenvalue weighted by Gasteiger charge is -2.30. The van der Waals surface area contributed by atoms with E-state index < -0.39 is 0 Å². The van der Waals surface area contributed by atoms with Gasteiger partial charge < -0.3 is 9.64 Å². The van der Waals surface area contributed by atoms with Crippen molar-refractivity contribution in [2.24, 2.45) is 0 Å². The van der Waals surface area contributed by atoms with Crippen molar-refractivity contribution in [1.82, 2.24) is 9.38 Å². The Morgan fingerprint density at radius 1 is 1.33 bits per heavy atom. The fraction of sp³-hybridized carbons (Fsp3) is 0.467. The molecule has 0 aliphatic carbocycles. The summed E-state index contributed by atoms with van der Waals surface area (Å²) in [4.78, 5) is 19.6. The summed E-state index contributed by atoms with van der Waals surface area (Å²) in [6, 6.07) is 3.87. The fourth-order valence-corrected chi connectivity index (χ4v) is 3.01. The highest BCUT2D eigenvalue weighted by Gasteiger charge is 2.22. The van der Waals surface area contributed by atoms with Gasteiger partial charge in [-0.1, -0.05) is 22.0 Å². The summed E-state index contributed by atoms with van der Waals surface area (Å²) in [5.41, 5.74) is 2.43. The molecule has 0 saturated carbocycles. The summed E-state index contributed by atoms with van der Waals surface area (Å²) in [5, 5.41) is 0. The van der Waals surface area contributed by atoms with Crippen LogP contribution >= 0.6 is 15.9 Å². The first kappa shape index (κ1) is 14.5.